The van der Waals surface area contributed by atoms with Crippen molar-refractivity contribution in [3.8, 4) is 12.1 Å². The van der Waals surface area contributed by atoms with E-state index in [9.17, 15) is 10.1 Å². The summed E-state index contributed by atoms with van der Waals surface area (Å²) in [5, 5.41) is 19.7. The van der Waals surface area contributed by atoms with E-state index in [2.05, 4.69) is 263 Å². The smallest absolute Gasteiger partial charge is 0.381 e. The minimum atomic E-state index is -0.243. The van der Waals surface area contributed by atoms with Gasteiger partial charge in [0.15, 0.2) is 5.78 Å². The van der Waals surface area contributed by atoms with E-state index in [-0.39, 0.29) is 35.6 Å². The van der Waals surface area contributed by atoms with Crippen molar-refractivity contribution in [3.05, 3.63) is 210 Å². The molecule has 1 heterocycles. The van der Waals surface area contributed by atoms with Gasteiger partial charge in [-0.1, -0.05) is 155 Å². The van der Waals surface area contributed by atoms with Gasteiger partial charge in [0.05, 0.1) is 17.6 Å². The number of nitriles is 2. The first-order chi connectivity index (χ1) is 36.2. The number of nitrogens with zero attached hydrogens (tertiary/aromatic N) is 2. The van der Waals surface area contributed by atoms with E-state index in [1.54, 1.807) is 0 Å². The fraction of sp³-hybridized carbons (Fsp3) is 0.385. The van der Waals surface area contributed by atoms with Crippen LogP contribution in [0.2, 0.25) is 0 Å². The summed E-state index contributed by atoms with van der Waals surface area (Å²) < 4.78 is 10.7. The number of hydrogen-bond donors (Lipinski definition) is 0. The van der Waals surface area contributed by atoms with E-state index < -0.39 is 0 Å². The summed E-state index contributed by atoms with van der Waals surface area (Å²) >= 11 is 18.5. The minimum Gasteiger partial charge on any atom is -0.381 e. The van der Waals surface area contributed by atoms with Crippen LogP contribution >= 0.6 is 109 Å². The second kappa shape index (κ2) is 33.0. The molecule has 6 aromatic rings. The van der Waals surface area contributed by atoms with Crippen LogP contribution in [-0.4, -0.2) is 19.0 Å². The Balaban J connectivity index is 0.000000182. The van der Waals surface area contributed by atoms with Crippen LogP contribution in [0.5, 0.6) is 0 Å². The molecule has 76 heavy (non-hydrogen) atoms. The molecule has 4 aliphatic carbocycles. The maximum atomic E-state index is 13.0. The van der Waals surface area contributed by atoms with Crippen LogP contribution in [-0.2, 0) is 61.4 Å². The summed E-state index contributed by atoms with van der Waals surface area (Å²) in [7, 11) is 0. The number of fused-ring (bicyclic) bond motifs is 4. The predicted molar refractivity (Wildman–Crippen MR) is 341 cm³/mol. The summed E-state index contributed by atoms with van der Waals surface area (Å²) in [5.41, 5.74) is 13.0. The molecule has 0 saturated carbocycles. The SMILES string of the molecule is BrCc1ccc(Br)cc1I.C1CCOC1.C[C-](C)C.N#CC1(Cc2ccc(Br)cc2I)CCc2ccccc2CC1.N#CC1CCc2ccccc2CC1.O=C1c2cc(Br)ccc2CC12CCc1ccccc1CC2.[Li+]. The molecule has 11 heteroatoms. The quantitative estimate of drug-likeness (QED) is 0.0582. The van der Waals surface area contributed by atoms with E-state index in [1.165, 1.54) is 76.0 Å². The fourth-order valence-corrected chi connectivity index (χ4v) is 14.7. The molecule has 1 fully saturated rings. The van der Waals surface area contributed by atoms with Crippen molar-refractivity contribution in [1.29, 1.82) is 10.5 Å². The molecule has 394 valence electrons. The first-order valence-electron chi connectivity index (χ1n) is 26.3. The van der Waals surface area contributed by atoms with E-state index in [4.69, 9.17) is 10.00 Å². The normalized spacial score (nSPS) is 16.3. The van der Waals surface area contributed by atoms with Crippen molar-refractivity contribution in [2.45, 2.75) is 129 Å². The van der Waals surface area contributed by atoms with E-state index in [0.717, 1.165) is 127 Å². The van der Waals surface area contributed by atoms with Crippen molar-refractivity contribution in [3.63, 3.8) is 0 Å². The van der Waals surface area contributed by atoms with Gasteiger partial charge in [-0.25, -0.2) is 0 Å². The van der Waals surface area contributed by atoms with Crippen LogP contribution < -0.4 is 18.9 Å². The summed E-state index contributed by atoms with van der Waals surface area (Å²) in [4.78, 5) is 13.0. The zero-order valence-electron chi connectivity index (χ0n) is 44.6. The van der Waals surface area contributed by atoms with E-state index in [0.29, 0.717) is 5.78 Å². The van der Waals surface area contributed by atoms with Crippen molar-refractivity contribution < 1.29 is 28.4 Å². The zero-order valence-corrected chi connectivity index (χ0v) is 55.3. The fourth-order valence-electron chi connectivity index (χ4n) is 10.4. The van der Waals surface area contributed by atoms with Crippen molar-refractivity contribution in [1.82, 2.24) is 0 Å². The van der Waals surface area contributed by atoms with E-state index >= 15 is 0 Å². The number of aryl methyl sites for hydroxylation is 6. The van der Waals surface area contributed by atoms with E-state index in [1.807, 2.05) is 6.07 Å². The maximum absolute atomic E-state index is 13.0. The van der Waals surface area contributed by atoms with Gasteiger partial charge in [-0.2, -0.15) is 31.3 Å². The van der Waals surface area contributed by atoms with Gasteiger partial charge >= 0.3 is 18.9 Å². The van der Waals surface area contributed by atoms with Crippen LogP contribution in [0.1, 0.15) is 133 Å². The molecule has 4 nitrogen and oxygen atoms in total. The molecule has 1 saturated heterocycles. The first kappa shape index (κ1) is 64.7. The Labute approximate surface area is 528 Å². The number of ether oxygens (including phenoxy) is 1. The van der Waals surface area contributed by atoms with Crippen LogP contribution in [0.15, 0.2) is 141 Å². The van der Waals surface area contributed by atoms with Gasteiger partial charge in [0.1, 0.15) is 0 Å². The van der Waals surface area contributed by atoms with Crippen molar-refractivity contribution >= 4 is 115 Å². The maximum Gasteiger partial charge on any atom is 1.00 e. The van der Waals surface area contributed by atoms with Gasteiger partial charge in [0.2, 0.25) is 0 Å². The number of benzene rings is 6. The number of carbonyl (C=O) groups is 1. The van der Waals surface area contributed by atoms with Crippen molar-refractivity contribution in [2.75, 3.05) is 13.2 Å². The average molecular weight is 1490 g/mol. The topological polar surface area (TPSA) is 73.9 Å². The number of carbonyl (C=O) groups excluding carboxylic acids is 1. The zero-order chi connectivity index (χ0) is 53.8. The molecule has 0 radical (unpaired) electrons. The average Bonchev–Trinajstić information content (AvgIpc) is 3.91. The van der Waals surface area contributed by atoms with Gasteiger partial charge < -0.3 is 10.7 Å². The molecular formula is C65H69Br4I2LiN2O2. The van der Waals surface area contributed by atoms with Gasteiger partial charge in [0.25, 0.3) is 0 Å². The van der Waals surface area contributed by atoms with Gasteiger partial charge in [0, 0.05) is 56.0 Å². The number of alkyl halides is 1. The molecule has 0 aromatic heterocycles. The Bertz CT molecular complexity index is 2820. The number of Topliss-reactive ketones (excluding diaryl/α,β-unsaturated/α-hetero) is 1. The molecule has 6 aromatic carbocycles. The second-order valence-electron chi connectivity index (χ2n) is 20.8. The Morgan fingerprint density at radius 1 is 0.592 bits per heavy atom. The molecule has 5 aliphatic rings. The summed E-state index contributed by atoms with van der Waals surface area (Å²) in [6, 6.07) is 49.7. The number of rotatable bonds is 3. The standard InChI is InChI=1S/C19H17BrIN.C19H17BrO.C12H13N.C7H5Br2I.C4H8O.C4H9.Li/c20-17-6-5-16(18(21)11-17)12-19(13-22)9-7-14-3-1-2-4-15(14)8-10-19;20-16-6-5-15-12-19(18(21)17(15)11-16)9-7-13-3-1-2-4-14(13)8-10-19;13-9-10-5-7-11-3-1-2-4-12(11)8-6-10;8-4-5-1-2-6(9)3-7(5)10;1-2-4-5-3-1;1-4(2)3;/h1-6,11H,7-10,12H2;1-6,11H,7-10,12H2;1-4,10H,5-8H2;1-3H,4H2;1-4H2;1-3H3;/q;;;;;-1;+1. The third kappa shape index (κ3) is 19.6. The largest absolute Gasteiger partial charge is 1.00 e. The third-order valence-electron chi connectivity index (χ3n) is 14.6. The second-order valence-corrected chi connectivity index (χ2v) is 26.4. The molecule has 0 N–H and O–H groups in total. The Kier molecular flexibility index (Phi) is 28.1. The monoisotopic (exact) mass is 1490 g/mol. The van der Waals surface area contributed by atoms with Gasteiger partial charge in [-0.15, -0.1) is 0 Å². The van der Waals surface area contributed by atoms with Crippen LogP contribution in [0.3, 0.4) is 0 Å². The first-order valence-corrected chi connectivity index (χ1v) is 32.0. The van der Waals surface area contributed by atoms with Crippen molar-refractivity contribution in [2.24, 2.45) is 16.7 Å². The number of ketones is 1. The molecule has 1 aliphatic heterocycles. The third-order valence-corrected chi connectivity index (χ3v) is 18.7. The predicted octanol–water partition coefficient (Wildman–Crippen LogP) is 16.5. The summed E-state index contributed by atoms with van der Waals surface area (Å²) in [5.74, 6) is 2.05. The summed E-state index contributed by atoms with van der Waals surface area (Å²) in [6.07, 6.45) is 16.5. The van der Waals surface area contributed by atoms with Gasteiger partial charge in [-0.3, -0.25) is 4.79 Å². The summed E-state index contributed by atoms with van der Waals surface area (Å²) in [6.45, 7) is 8.25. The molecule has 0 atom stereocenters. The molecular weight excluding hydrogens is 1420 g/mol. The van der Waals surface area contributed by atoms with Crippen LogP contribution in [0.25, 0.3) is 0 Å². The Morgan fingerprint density at radius 3 is 1.39 bits per heavy atom. The Morgan fingerprint density at radius 2 is 1.00 bits per heavy atom. The van der Waals surface area contributed by atoms with Crippen LogP contribution in [0, 0.1) is 52.5 Å². The molecule has 0 amide bonds. The Hall–Kier alpha value is -2.09. The van der Waals surface area contributed by atoms with Gasteiger partial charge in [-0.05, 0) is 234 Å². The molecule has 11 rings (SSSR count). The number of halogens is 6. The number of hydrogen-bond acceptors (Lipinski definition) is 4. The molecule has 1 spiro atoms. The molecule has 0 bridgehead atoms. The molecule has 0 unspecified atom stereocenters. The van der Waals surface area contributed by atoms with Crippen LogP contribution in [0.4, 0.5) is 0 Å². The minimum absolute atomic E-state index is 0.